The van der Waals surface area contributed by atoms with Crippen molar-refractivity contribution in [3.63, 3.8) is 0 Å². The number of nitrogens with zero attached hydrogens (tertiary/aromatic N) is 1. The van der Waals surface area contributed by atoms with Gasteiger partial charge in [0.05, 0.1) is 11.6 Å². The SMILES string of the molecule is c1cc2occc2c(NCC2CC3CCC2C3)n1. The van der Waals surface area contributed by atoms with Gasteiger partial charge in [-0.2, -0.15) is 0 Å². The molecule has 0 aliphatic heterocycles. The van der Waals surface area contributed by atoms with Crippen LogP contribution in [0.3, 0.4) is 0 Å². The third-order valence-corrected chi connectivity index (χ3v) is 4.80. The van der Waals surface area contributed by atoms with Crippen LogP contribution < -0.4 is 5.32 Å². The van der Waals surface area contributed by atoms with Crippen LogP contribution in [0.5, 0.6) is 0 Å². The van der Waals surface area contributed by atoms with E-state index < -0.39 is 0 Å². The van der Waals surface area contributed by atoms with Crippen LogP contribution in [0.2, 0.25) is 0 Å². The molecule has 3 nitrogen and oxygen atoms in total. The second kappa shape index (κ2) is 4.01. The zero-order chi connectivity index (χ0) is 11.9. The van der Waals surface area contributed by atoms with Gasteiger partial charge < -0.3 is 9.73 Å². The van der Waals surface area contributed by atoms with Crippen molar-refractivity contribution in [2.75, 3.05) is 11.9 Å². The topological polar surface area (TPSA) is 38.1 Å². The summed E-state index contributed by atoms with van der Waals surface area (Å²) in [6.45, 7) is 1.07. The number of nitrogens with one attached hydrogen (secondary N) is 1. The molecule has 2 fully saturated rings. The molecule has 3 atom stereocenters. The molecule has 2 aliphatic carbocycles. The highest BCUT2D eigenvalue weighted by Crippen LogP contribution is 2.48. The van der Waals surface area contributed by atoms with Crippen molar-refractivity contribution in [2.45, 2.75) is 25.7 Å². The molecular weight excluding hydrogens is 224 g/mol. The maximum Gasteiger partial charge on any atom is 0.139 e. The molecule has 94 valence electrons. The highest BCUT2D eigenvalue weighted by atomic mass is 16.3. The van der Waals surface area contributed by atoms with E-state index in [1.165, 1.54) is 25.7 Å². The van der Waals surface area contributed by atoms with Gasteiger partial charge in [0.1, 0.15) is 11.4 Å². The second-order valence-electron chi connectivity index (χ2n) is 5.81. The standard InChI is InChI=1S/C15H18N2O/c1-2-11-7-10(1)8-12(11)9-17-15-13-4-6-18-14(13)3-5-16-15/h3-6,10-12H,1-2,7-9H2,(H,16,17). The van der Waals surface area contributed by atoms with Gasteiger partial charge in [0.25, 0.3) is 0 Å². The van der Waals surface area contributed by atoms with Gasteiger partial charge in [-0.15, -0.1) is 0 Å². The molecule has 2 aromatic rings. The first-order chi connectivity index (χ1) is 8.90. The van der Waals surface area contributed by atoms with Gasteiger partial charge in [-0.3, -0.25) is 0 Å². The predicted octanol–water partition coefficient (Wildman–Crippen LogP) is 3.68. The molecule has 2 heterocycles. The summed E-state index contributed by atoms with van der Waals surface area (Å²) in [5.41, 5.74) is 0.917. The van der Waals surface area contributed by atoms with Gasteiger partial charge in [0.2, 0.25) is 0 Å². The number of fused-ring (bicyclic) bond motifs is 3. The van der Waals surface area contributed by atoms with Crippen LogP contribution in [-0.4, -0.2) is 11.5 Å². The Balaban J connectivity index is 1.50. The fourth-order valence-corrected chi connectivity index (χ4v) is 3.89. The second-order valence-corrected chi connectivity index (χ2v) is 5.81. The lowest BCUT2D eigenvalue weighted by Crippen LogP contribution is -2.20. The Hall–Kier alpha value is -1.51. The van der Waals surface area contributed by atoms with E-state index in [9.17, 15) is 0 Å². The summed E-state index contributed by atoms with van der Waals surface area (Å²) in [4.78, 5) is 4.43. The van der Waals surface area contributed by atoms with Gasteiger partial charge in [0.15, 0.2) is 0 Å². The lowest BCUT2D eigenvalue weighted by molar-refractivity contribution is 0.348. The summed E-state index contributed by atoms with van der Waals surface area (Å²) < 4.78 is 5.40. The van der Waals surface area contributed by atoms with E-state index >= 15 is 0 Å². The number of hydrogen-bond acceptors (Lipinski definition) is 3. The molecule has 0 radical (unpaired) electrons. The lowest BCUT2D eigenvalue weighted by Gasteiger charge is -2.22. The Morgan fingerprint density at radius 3 is 3.11 bits per heavy atom. The zero-order valence-electron chi connectivity index (χ0n) is 10.4. The zero-order valence-corrected chi connectivity index (χ0v) is 10.4. The average Bonchev–Trinajstić information content (AvgIpc) is 3.11. The first kappa shape index (κ1) is 10.4. The van der Waals surface area contributed by atoms with Crippen LogP contribution in [0.1, 0.15) is 25.7 Å². The lowest BCUT2D eigenvalue weighted by atomic mass is 9.89. The predicted molar refractivity (Wildman–Crippen MR) is 71.4 cm³/mol. The first-order valence-corrected chi connectivity index (χ1v) is 6.96. The minimum absolute atomic E-state index is 0.854. The highest BCUT2D eigenvalue weighted by molar-refractivity contribution is 5.87. The number of aromatic nitrogens is 1. The summed E-state index contributed by atoms with van der Waals surface area (Å²) in [5.74, 6) is 3.81. The third-order valence-electron chi connectivity index (χ3n) is 4.80. The van der Waals surface area contributed by atoms with Gasteiger partial charge in [-0.05, 0) is 49.1 Å². The minimum atomic E-state index is 0.854. The van der Waals surface area contributed by atoms with Crippen molar-refractivity contribution in [3.05, 3.63) is 24.6 Å². The van der Waals surface area contributed by atoms with E-state index in [1.807, 2.05) is 18.3 Å². The van der Waals surface area contributed by atoms with E-state index in [0.717, 1.165) is 41.1 Å². The molecule has 0 amide bonds. The molecule has 1 N–H and O–H groups in total. The molecule has 0 aromatic carbocycles. The monoisotopic (exact) mass is 242 g/mol. The Kier molecular flexibility index (Phi) is 2.32. The number of anilines is 1. The molecule has 0 spiro atoms. The van der Waals surface area contributed by atoms with Gasteiger partial charge in [-0.1, -0.05) is 6.42 Å². The largest absolute Gasteiger partial charge is 0.464 e. The van der Waals surface area contributed by atoms with Gasteiger partial charge in [0, 0.05) is 12.7 Å². The molecule has 0 saturated heterocycles. The first-order valence-electron chi connectivity index (χ1n) is 6.96. The Morgan fingerprint density at radius 1 is 1.28 bits per heavy atom. The van der Waals surface area contributed by atoms with Crippen molar-refractivity contribution in [2.24, 2.45) is 17.8 Å². The molecule has 3 unspecified atom stereocenters. The van der Waals surface area contributed by atoms with Crippen molar-refractivity contribution < 1.29 is 4.42 Å². The van der Waals surface area contributed by atoms with Crippen LogP contribution in [0.25, 0.3) is 11.0 Å². The number of pyridine rings is 1. The summed E-state index contributed by atoms with van der Waals surface area (Å²) >= 11 is 0. The highest BCUT2D eigenvalue weighted by Gasteiger charge is 2.39. The van der Waals surface area contributed by atoms with Crippen LogP contribution in [0, 0.1) is 17.8 Å². The molecule has 2 bridgehead atoms. The smallest absolute Gasteiger partial charge is 0.139 e. The fraction of sp³-hybridized carbons (Fsp3) is 0.533. The molecule has 18 heavy (non-hydrogen) atoms. The Labute approximate surface area is 107 Å². The van der Waals surface area contributed by atoms with Gasteiger partial charge in [-0.25, -0.2) is 4.98 Å². The minimum Gasteiger partial charge on any atom is -0.464 e. The van der Waals surface area contributed by atoms with Crippen molar-refractivity contribution >= 4 is 16.8 Å². The third kappa shape index (κ3) is 1.61. The van der Waals surface area contributed by atoms with E-state index in [1.54, 1.807) is 6.26 Å². The molecule has 2 aromatic heterocycles. The van der Waals surface area contributed by atoms with E-state index in [-0.39, 0.29) is 0 Å². The number of furan rings is 1. The number of hydrogen-bond donors (Lipinski definition) is 1. The average molecular weight is 242 g/mol. The Morgan fingerprint density at radius 2 is 2.28 bits per heavy atom. The Bertz CT molecular complexity index is 562. The maximum absolute atomic E-state index is 5.40. The summed E-state index contributed by atoms with van der Waals surface area (Å²) in [6, 6.07) is 3.91. The van der Waals surface area contributed by atoms with Gasteiger partial charge >= 0.3 is 0 Å². The van der Waals surface area contributed by atoms with E-state index in [2.05, 4.69) is 10.3 Å². The van der Waals surface area contributed by atoms with Crippen molar-refractivity contribution in [3.8, 4) is 0 Å². The molecule has 4 rings (SSSR count). The normalized spacial score (nSPS) is 30.1. The maximum atomic E-state index is 5.40. The summed E-state index contributed by atoms with van der Waals surface area (Å²) in [5, 5.41) is 4.63. The van der Waals surface area contributed by atoms with Crippen LogP contribution >= 0.6 is 0 Å². The number of rotatable bonds is 3. The van der Waals surface area contributed by atoms with E-state index in [0.29, 0.717) is 0 Å². The molecule has 2 saturated carbocycles. The van der Waals surface area contributed by atoms with Crippen molar-refractivity contribution in [1.82, 2.24) is 4.98 Å². The van der Waals surface area contributed by atoms with Crippen LogP contribution in [-0.2, 0) is 0 Å². The van der Waals surface area contributed by atoms with E-state index in [4.69, 9.17) is 4.42 Å². The van der Waals surface area contributed by atoms with Crippen LogP contribution in [0.4, 0.5) is 5.82 Å². The summed E-state index contributed by atoms with van der Waals surface area (Å²) in [7, 11) is 0. The molecular formula is C15H18N2O. The summed E-state index contributed by atoms with van der Waals surface area (Å²) in [6.07, 6.45) is 9.34. The molecule has 3 heteroatoms. The fourth-order valence-electron chi connectivity index (χ4n) is 3.89. The van der Waals surface area contributed by atoms with Crippen molar-refractivity contribution in [1.29, 1.82) is 0 Å². The molecule has 2 aliphatic rings. The quantitative estimate of drug-likeness (QED) is 0.892. The van der Waals surface area contributed by atoms with Crippen LogP contribution in [0.15, 0.2) is 29.0 Å².